The number of nitrogens with one attached hydrogen (secondary N) is 2. The van der Waals surface area contributed by atoms with Gasteiger partial charge in [-0.2, -0.15) is 0 Å². The van der Waals surface area contributed by atoms with E-state index in [0.29, 0.717) is 11.4 Å². The van der Waals surface area contributed by atoms with Gasteiger partial charge in [-0.3, -0.25) is 5.41 Å². The highest BCUT2D eigenvalue weighted by molar-refractivity contribution is 6.30. The van der Waals surface area contributed by atoms with Crippen LogP contribution in [0.1, 0.15) is 37.6 Å². The first-order valence-electron chi connectivity index (χ1n) is 10.8. The van der Waals surface area contributed by atoms with Gasteiger partial charge in [0, 0.05) is 24.5 Å². The highest BCUT2D eigenvalue weighted by atomic mass is 16.3. The summed E-state index contributed by atoms with van der Waals surface area (Å²) in [5.41, 5.74) is 5.63. The van der Waals surface area contributed by atoms with Gasteiger partial charge < -0.3 is 19.9 Å². The molecule has 0 aliphatic carbocycles. The lowest BCUT2D eigenvalue weighted by Crippen LogP contribution is -2.29. The minimum absolute atomic E-state index is 0.176. The van der Waals surface area contributed by atoms with Crippen LogP contribution in [0.15, 0.2) is 48.2 Å². The van der Waals surface area contributed by atoms with Crippen LogP contribution < -0.4 is 9.80 Å². The van der Waals surface area contributed by atoms with Gasteiger partial charge in [0.25, 0.3) is 0 Å². The second kappa shape index (κ2) is 7.52. The van der Waals surface area contributed by atoms with Crippen LogP contribution in [0, 0.1) is 5.41 Å². The summed E-state index contributed by atoms with van der Waals surface area (Å²) in [6, 6.07) is 14.4. The Balaban J connectivity index is 1.43. The maximum Gasteiger partial charge on any atom is 0.145 e. The van der Waals surface area contributed by atoms with Crippen molar-refractivity contribution in [2.75, 3.05) is 29.4 Å². The summed E-state index contributed by atoms with van der Waals surface area (Å²) < 4.78 is 0. The summed E-state index contributed by atoms with van der Waals surface area (Å²) in [6.45, 7) is 4.59. The molecule has 0 amide bonds. The van der Waals surface area contributed by atoms with E-state index < -0.39 is 0 Å². The maximum absolute atomic E-state index is 10.7. The number of imidazole rings is 1. The number of nitrogens with zero attached hydrogens (tertiary/aromatic N) is 3. The zero-order valence-corrected chi connectivity index (χ0v) is 17.3. The molecule has 0 saturated carbocycles. The molecule has 0 unspecified atom stereocenters. The van der Waals surface area contributed by atoms with E-state index in [1.807, 2.05) is 23.1 Å². The fraction of sp³-hybridized carbons (Fsp3) is 0.333. The van der Waals surface area contributed by atoms with Gasteiger partial charge in [-0.1, -0.05) is 19.1 Å². The minimum atomic E-state index is 0.176. The Morgan fingerprint density at radius 3 is 2.50 bits per heavy atom. The molecule has 0 atom stereocenters. The Labute approximate surface area is 176 Å². The molecule has 1 fully saturated rings. The van der Waals surface area contributed by atoms with Crippen molar-refractivity contribution in [2.24, 2.45) is 0 Å². The number of aromatic amines is 1. The largest absolute Gasteiger partial charge is 0.509 e. The van der Waals surface area contributed by atoms with Crippen LogP contribution in [0.25, 0.3) is 16.6 Å². The number of H-pyrrole nitrogens is 1. The highest BCUT2D eigenvalue weighted by Crippen LogP contribution is 2.32. The quantitative estimate of drug-likeness (QED) is 0.582. The number of amidine groups is 1. The number of aryl methyl sites for hydroxylation is 1. The zero-order valence-electron chi connectivity index (χ0n) is 17.3. The smallest absolute Gasteiger partial charge is 0.145 e. The number of hydrogen-bond donors (Lipinski definition) is 3. The Kier molecular flexibility index (Phi) is 4.69. The Morgan fingerprint density at radius 1 is 1.03 bits per heavy atom. The third-order valence-corrected chi connectivity index (χ3v) is 6.18. The van der Waals surface area contributed by atoms with Crippen LogP contribution in [-0.4, -0.2) is 40.5 Å². The first-order valence-corrected chi connectivity index (χ1v) is 10.8. The number of benzene rings is 2. The summed E-state index contributed by atoms with van der Waals surface area (Å²) in [5, 5.41) is 19.3. The van der Waals surface area contributed by atoms with E-state index in [4.69, 9.17) is 5.41 Å². The molecule has 30 heavy (non-hydrogen) atoms. The average Bonchev–Trinajstić information content (AvgIpc) is 3.33. The van der Waals surface area contributed by atoms with Crippen LogP contribution >= 0.6 is 0 Å². The van der Waals surface area contributed by atoms with Crippen molar-refractivity contribution in [3.05, 3.63) is 59.6 Å². The van der Waals surface area contributed by atoms with Gasteiger partial charge in [0.15, 0.2) is 0 Å². The lowest BCUT2D eigenvalue weighted by molar-refractivity contribution is 0.411. The topological polar surface area (TPSA) is 79.2 Å². The van der Waals surface area contributed by atoms with Crippen molar-refractivity contribution < 1.29 is 5.11 Å². The lowest BCUT2D eigenvalue weighted by Gasteiger charge is -2.28. The van der Waals surface area contributed by atoms with Crippen LogP contribution in [-0.2, 0) is 6.42 Å². The first-order chi connectivity index (χ1) is 14.6. The van der Waals surface area contributed by atoms with Crippen molar-refractivity contribution in [1.82, 2.24) is 9.97 Å². The van der Waals surface area contributed by atoms with Gasteiger partial charge in [-0.15, -0.1) is 0 Å². The van der Waals surface area contributed by atoms with Gasteiger partial charge in [0.1, 0.15) is 17.4 Å². The molecule has 0 radical (unpaired) electrons. The average molecular weight is 402 g/mol. The molecule has 3 heterocycles. The molecule has 5 rings (SSSR count). The van der Waals surface area contributed by atoms with Crippen molar-refractivity contribution in [3.63, 3.8) is 0 Å². The van der Waals surface area contributed by atoms with E-state index in [9.17, 15) is 5.11 Å². The molecule has 2 aliphatic heterocycles. The van der Waals surface area contributed by atoms with E-state index in [1.165, 1.54) is 30.5 Å². The van der Waals surface area contributed by atoms with Gasteiger partial charge in [-0.05, 0) is 61.6 Å². The summed E-state index contributed by atoms with van der Waals surface area (Å²) in [5.74, 6) is 0.998. The summed E-state index contributed by atoms with van der Waals surface area (Å²) in [7, 11) is 0. The lowest BCUT2D eigenvalue weighted by atomic mass is 10.1. The van der Waals surface area contributed by atoms with E-state index >= 15 is 0 Å². The number of aliphatic hydroxyl groups excluding tert-OH is 1. The standard InChI is InChI=1S/C24H27N5O/c1-2-16-6-8-17(9-7-16)29-15-21(30)22(23(29)25)24-26-19-11-10-18(14-20(19)27-24)28-12-4-3-5-13-28/h6-11,14,25,30H,2-5,12-13,15H2,1H3,(H,26,27). The van der Waals surface area contributed by atoms with Gasteiger partial charge in [0.2, 0.25) is 0 Å². The molecule has 2 aliphatic rings. The number of anilines is 2. The highest BCUT2D eigenvalue weighted by Gasteiger charge is 2.31. The monoisotopic (exact) mass is 401 g/mol. The van der Waals surface area contributed by atoms with Crippen molar-refractivity contribution >= 4 is 33.8 Å². The van der Waals surface area contributed by atoms with Crippen molar-refractivity contribution in [1.29, 1.82) is 5.41 Å². The molecule has 0 spiro atoms. The molecule has 3 aromatic rings. The second-order valence-electron chi connectivity index (χ2n) is 8.11. The summed E-state index contributed by atoms with van der Waals surface area (Å²) in [6.07, 6.45) is 4.75. The fourth-order valence-corrected chi connectivity index (χ4v) is 4.43. The molecular formula is C24H27N5O. The predicted molar refractivity (Wildman–Crippen MR) is 123 cm³/mol. The van der Waals surface area contributed by atoms with Crippen molar-refractivity contribution in [2.45, 2.75) is 32.6 Å². The minimum Gasteiger partial charge on any atom is -0.509 e. The molecule has 3 N–H and O–H groups in total. The number of fused-ring (bicyclic) bond motifs is 1. The van der Waals surface area contributed by atoms with E-state index in [1.54, 1.807) is 0 Å². The summed E-state index contributed by atoms with van der Waals surface area (Å²) in [4.78, 5) is 12.3. The normalized spacial score (nSPS) is 17.4. The molecule has 0 bridgehead atoms. The molecule has 2 aromatic carbocycles. The SMILES string of the molecule is CCc1ccc(N2CC(O)=C(c3nc4ccc(N5CCCCC5)cc4[nH]3)C2=N)cc1. The molecule has 6 heteroatoms. The third-order valence-electron chi connectivity index (χ3n) is 6.18. The maximum atomic E-state index is 10.7. The molecule has 6 nitrogen and oxygen atoms in total. The van der Waals surface area contributed by atoms with Crippen LogP contribution in [0.4, 0.5) is 11.4 Å². The van der Waals surface area contributed by atoms with E-state index in [-0.39, 0.29) is 18.1 Å². The Hall–Kier alpha value is -3.28. The van der Waals surface area contributed by atoms with Crippen molar-refractivity contribution in [3.8, 4) is 0 Å². The van der Waals surface area contributed by atoms with Crippen LogP contribution in [0.3, 0.4) is 0 Å². The first kappa shape index (κ1) is 18.7. The van der Waals surface area contributed by atoms with E-state index in [2.05, 4.69) is 46.1 Å². The number of hydrogen-bond acceptors (Lipinski definition) is 4. The zero-order chi connectivity index (χ0) is 20.7. The third kappa shape index (κ3) is 3.22. The molecule has 1 saturated heterocycles. The Morgan fingerprint density at radius 2 is 1.77 bits per heavy atom. The van der Waals surface area contributed by atoms with Crippen LogP contribution in [0.2, 0.25) is 0 Å². The van der Waals surface area contributed by atoms with Gasteiger partial charge >= 0.3 is 0 Å². The van der Waals surface area contributed by atoms with Gasteiger partial charge in [0.05, 0.1) is 23.2 Å². The number of aliphatic hydroxyl groups is 1. The fourth-order valence-electron chi connectivity index (χ4n) is 4.43. The number of piperidine rings is 1. The molecule has 1 aromatic heterocycles. The molecule has 154 valence electrons. The number of rotatable bonds is 4. The van der Waals surface area contributed by atoms with E-state index in [0.717, 1.165) is 36.2 Å². The molecular weight excluding hydrogens is 374 g/mol. The summed E-state index contributed by atoms with van der Waals surface area (Å²) >= 11 is 0. The van der Waals surface area contributed by atoms with Crippen LogP contribution in [0.5, 0.6) is 0 Å². The Bertz CT molecular complexity index is 1120. The number of aromatic nitrogens is 2. The second-order valence-corrected chi connectivity index (χ2v) is 8.11. The van der Waals surface area contributed by atoms with Gasteiger partial charge in [-0.25, -0.2) is 4.98 Å². The predicted octanol–water partition coefficient (Wildman–Crippen LogP) is 4.88.